The summed E-state index contributed by atoms with van der Waals surface area (Å²) >= 11 is 0. The Bertz CT molecular complexity index is 1210. The lowest BCUT2D eigenvalue weighted by Crippen LogP contribution is -2.38. The van der Waals surface area contributed by atoms with Crippen LogP contribution in [-0.4, -0.2) is 53.2 Å². The average Bonchev–Trinajstić information content (AvgIpc) is 3.26. The van der Waals surface area contributed by atoms with Gasteiger partial charge in [-0.15, -0.1) is 0 Å². The van der Waals surface area contributed by atoms with Crippen LogP contribution in [-0.2, 0) is 6.18 Å². The zero-order chi connectivity index (χ0) is 23.6. The maximum Gasteiger partial charge on any atom is 0.433 e. The number of halogens is 3. The molecule has 1 unspecified atom stereocenters. The van der Waals surface area contributed by atoms with E-state index < -0.39 is 17.9 Å². The highest BCUT2D eigenvalue weighted by atomic mass is 19.4. The van der Waals surface area contributed by atoms with Crippen molar-refractivity contribution in [2.24, 2.45) is 4.99 Å². The van der Waals surface area contributed by atoms with Crippen molar-refractivity contribution < 1.29 is 18.0 Å². The van der Waals surface area contributed by atoms with E-state index in [2.05, 4.69) is 20.4 Å². The van der Waals surface area contributed by atoms with Gasteiger partial charge in [-0.2, -0.15) is 18.3 Å². The Morgan fingerprint density at radius 1 is 1.18 bits per heavy atom. The van der Waals surface area contributed by atoms with Crippen LogP contribution in [0.3, 0.4) is 0 Å². The van der Waals surface area contributed by atoms with Crippen molar-refractivity contribution in [3.8, 4) is 11.3 Å². The summed E-state index contributed by atoms with van der Waals surface area (Å²) in [4.78, 5) is 22.7. The van der Waals surface area contributed by atoms with Gasteiger partial charge in [0.25, 0.3) is 5.91 Å². The van der Waals surface area contributed by atoms with Gasteiger partial charge in [0.05, 0.1) is 18.3 Å². The lowest BCUT2D eigenvalue weighted by molar-refractivity contribution is -0.142. The number of nitrogens with zero attached hydrogens (tertiary/aromatic N) is 5. The average molecular weight is 454 g/mol. The first kappa shape index (κ1) is 22.3. The molecule has 7 nitrogen and oxygen atoms in total. The molecule has 0 radical (unpaired) electrons. The van der Waals surface area contributed by atoms with Gasteiger partial charge < -0.3 is 10.2 Å². The summed E-state index contributed by atoms with van der Waals surface area (Å²) in [5.74, 6) is -0.251. The van der Waals surface area contributed by atoms with E-state index >= 15 is 0 Å². The molecule has 1 N–H and O–H groups in total. The highest BCUT2D eigenvalue weighted by Gasteiger charge is 2.37. The Kier molecular flexibility index (Phi) is 5.99. The third-order valence-corrected chi connectivity index (χ3v) is 5.04. The summed E-state index contributed by atoms with van der Waals surface area (Å²) in [5, 5.41) is 6.95. The summed E-state index contributed by atoms with van der Waals surface area (Å²) in [5.41, 5.74) is 1.03. The van der Waals surface area contributed by atoms with Gasteiger partial charge in [-0.05, 0) is 42.5 Å². The minimum atomic E-state index is -4.62. The van der Waals surface area contributed by atoms with Crippen LogP contribution in [0.4, 0.5) is 18.9 Å². The highest BCUT2D eigenvalue weighted by molar-refractivity contribution is 5.97. The third-order valence-electron chi connectivity index (χ3n) is 5.04. The van der Waals surface area contributed by atoms with Crippen LogP contribution < -0.4 is 10.2 Å². The largest absolute Gasteiger partial charge is 0.433 e. The van der Waals surface area contributed by atoms with Crippen LogP contribution in [0.5, 0.6) is 0 Å². The fraction of sp³-hybridized carbons (Fsp3) is 0.217. The Hall–Kier alpha value is -3.95. The van der Waals surface area contributed by atoms with Crippen molar-refractivity contribution in [2.45, 2.75) is 12.2 Å². The summed E-state index contributed by atoms with van der Waals surface area (Å²) in [6.07, 6.45) is 1.40. The molecule has 2 aromatic heterocycles. The molecule has 0 aliphatic carbocycles. The van der Waals surface area contributed by atoms with Crippen molar-refractivity contribution in [3.63, 3.8) is 0 Å². The predicted molar refractivity (Wildman–Crippen MR) is 119 cm³/mol. The first-order valence-corrected chi connectivity index (χ1v) is 10.1. The number of amides is 1. The molecule has 3 aromatic rings. The van der Waals surface area contributed by atoms with Gasteiger partial charge in [-0.1, -0.05) is 12.1 Å². The zero-order valence-corrected chi connectivity index (χ0v) is 17.9. The molecule has 0 fully saturated rings. The van der Waals surface area contributed by atoms with Crippen LogP contribution in [0, 0.1) is 0 Å². The predicted octanol–water partition coefficient (Wildman–Crippen LogP) is 3.64. The molecule has 10 heteroatoms. The summed E-state index contributed by atoms with van der Waals surface area (Å²) in [7, 11) is 3.75. The number of hydrogen-bond acceptors (Lipinski definition) is 5. The first-order valence-electron chi connectivity index (χ1n) is 10.1. The van der Waals surface area contributed by atoms with Gasteiger partial charge in [-0.25, -0.2) is 4.68 Å². The van der Waals surface area contributed by atoms with Gasteiger partial charge in [0.1, 0.15) is 5.84 Å². The van der Waals surface area contributed by atoms with Crippen LogP contribution in [0.15, 0.2) is 72.0 Å². The Balaban J connectivity index is 1.52. The lowest BCUT2D eigenvalue weighted by atomic mass is 10.1. The molecular weight excluding hydrogens is 433 g/mol. The second kappa shape index (κ2) is 8.89. The maximum atomic E-state index is 13.6. The van der Waals surface area contributed by atoms with Crippen LogP contribution >= 0.6 is 0 Å². The number of aromatic nitrogens is 3. The van der Waals surface area contributed by atoms with Gasteiger partial charge >= 0.3 is 6.18 Å². The molecule has 1 aromatic carbocycles. The molecule has 170 valence electrons. The number of alkyl halides is 3. The van der Waals surface area contributed by atoms with E-state index in [0.29, 0.717) is 11.1 Å². The molecule has 33 heavy (non-hydrogen) atoms. The van der Waals surface area contributed by atoms with Gasteiger partial charge in [0.2, 0.25) is 0 Å². The topological polar surface area (TPSA) is 75.4 Å². The number of benzene rings is 1. The molecule has 4 rings (SSSR count). The van der Waals surface area contributed by atoms with Crippen LogP contribution in [0.1, 0.15) is 16.1 Å². The lowest BCUT2D eigenvalue weighted by Gasteiger charge is -2.19. The van der Waals surface area contributed by atoms with E-state index in [1.165, 1.54) is 18.5 Å². The molecule has 1 amide bonds. The van der Waals surface area contributed by atoms with Gasteiger partial charge in [0, 0.05) is 43.3 Å². The number of anilines is 1. The molecular formula is C23H21F3N6O. The minimum absolute atomic E-state index is 0.0394. The third kappa shape index (κ3) is 4.94. The smallest absolute Gasteiger partial charge is 0.378 e. The molecule has 1 atom stereocenters. The summed E-state index contributed by atoms with van der Waals surface area (Å²) in [6.45, 7) is 0.0876. The van der Waals surface area contributed by atoms with Gasteiger partial charge in [-0.3, -0.25) is 14.8 Å². The number of nitrogens with one attached hydrogen (secondary N) is 1. The maximum absolute atomic E-state index is 13.6. The van der Waals surface area contributed by atoms with Crippen molar-refractivity contribution in [1.82, 2.24) is 20.1 Å². The Morgan fingerprint density at radius 3 is 2.64 bits per heavy atom. The number of carbonyl (C=O) groups excluding carboxylic acids is 1. The van der Waals surface area contributed by atoms with E-state index in [0.717, 1.165) is 16.4 Å². The van der Waals surface area contributed by atoms with E-state index in [9.17, 15) is 18.0 Å². The quantitative estimate of drug-likeness (QED) is 0.653. The van der Waals surface area contributed by atoms with Gasteiger partial charge in [0.15, 0.2) is 5.69 Å². The molecule has 0 saturated carbocycles. The Labute approximate surface area is 188 Å². The molecule has 0 bridgehead atoms. The summed E-state index contributed by atoms with van der Waals surface area (Å²) < 4.78 is 41.7. The highest BCUT2D eigenvalue weighted by Crippen LogP contribution is 2.32. The standard InChI is InChI=1S/C23H21F3N6O/c1-31(2)18-7-3-5-15(11-18)22(33)29-17-8-9-21(28-14-17)32-20(23(24,25)26)12-19(30-32)16-6-4-10-27-13-16/h3-13,17H,14H2,1-2H3,(H,29,33). The number of rotatable bonds is 4. The van der Waals surface area contributed by atoms with E-state index in [1.807, 2.05) is 25.1 Å². The number of dihydropyridines is 1. The molecule has 1 aliphatic heterocycles. The fourth-order valence-electron chi connectivity index (χ4n) is 3.33. The SMILES string of the molecule is CN(C)c1cccc(C(=O)NC2C=CC(n3nc(-c4cccnc4)cc3C(F)(F)F)=NC2)c1. The van der Waals surface area contributed by atoms with Crippen molar-refractivity contribution >= 4 is 17.4 Å². The molecule has 3 heterocycles. The molecule has 0 spiro atoms. The van der Waals surface area contributed by atoms with Crippen LogP contribution in [0.25, 0.3) is 11.3 Å². The van der Waals surface area contributed by atoms with Crippen LogP contribution in [0.2, 0.25) is 0 Å². The van der Waals surface area contributed by atoms with Crippen molar-refractivity contribution in [2.75, 3.05) is 25.5 Å². The van der Waals surface area contributed by atoms with Crippen molar-refractivity contribution in [3.05, 3.63) is 78.3 Å². The fourth-order valence-corrected chi connectivity index (χ4v) is 3.33. The van der Waals surface area contributed by atoms with E-state index in [1.54, 1.807) is 36.4 Å². The second-order valence-corrected chi connectivity index (χ2v) is 7.65. The van der Waals surface area contributed by atoms with E-state index in [4.69, 9.17) is 0 Å². The number of carbonyl (C=O) groups is 1. The first-order chi connectivity index (χ1) is 15.7. The second-order valence-electron chi connectivity index (χ2n) is 7.65. The molecule has 0 saturated heterocycles. The number of allylic oxidation sites excluding steroid dienone is 1. The number of pyridine rings is 1. The Morgan fingerprint density at radius 2 is 2.00 bits per heavy atom. The monoisotopic (exact) mass is 454 g/mol. The number of aliphatic imine (C=N–C) groups is 1. The zero-order valence-electron chi connectivity index (χ0n) is 17.9. The summed E-state index contributed by atoms with van der Waals surface area (Å²) in [6, 6.07) is 10.9. The molecule has 1 aliphatic rings. The van der Waals surface area contributed by atoms with E-state index in [-0.39, 0.29) is 24.0 Å². The minimum Gasteiger partial charge on any atom is -0.378 e. The number of hydrogen-bond donors (Lipinski definition) is 1. The van der Waals surface area contributed by atoms with Crippen molar-refractivity contribution in [1.29, 1.82) is 0 Å². The normalized spacial score (nSPS) is 15.8.